The normalized spacial score (nSPS) is 10.7. The van der Waals surface area contributed by atoms with E-state index >= 15 is 0 Å². The van der Waals surface area contributed by atoms with Crippen molar-refractivity contribution < 1.29 is 9.53 Å². The number of methoxy groups -OCH3 is 1. The fraction of sp³-hybridized carbons (Fsp3) is 0.0526. The molecule has 1 heterocycles. The first kappa shape index (κ1) is 17.8. The third kappa shape index (κ3) is 4.52. The van der Waals surface area contributed by atoms with Gasteiger partial charge in [0.2, 0.25) is 0 Å². The summed E-state index contributed by atoms with van der Waals surface area (Å²) in [5.41, 5.74) is 4.95. The average Bonchev–Trinajstić information content (AvgIpc) is 3.11. The van der Waals surface area contributed by atoms with Gasteiger partial charge in [0.25, 0.3) is 0 Å². The van der Waals surface area contributed by atoms with E-state index in [1.54, 1.807) is 37.6 Å². The fourth-order valence-corrected chi connectivity index (χ4v) is 2.59. The molecule has 6 nitrogen and oxygen atoms in total. The summed E-state index contributed by atoms with van der Waals surface area (Å²) in [7, 11) is 1.59. The zero-order valence-electron chi connectivity index (χ0n) is 14.0. The molecule has 0 saturated heterocycles. The van der Waals surface area contributed by atoms with Gasteiger partial charge in [-0.2, -0.15) is 5.10 Å². The maximum Gasteiger partial charge on any atom is 0.339 e. The van der Waals surface area contributed by atoms with Gasteiger partial charge in [0.15, 0.2) is 0 Å². The SMILES string of the molecule is COc1ccc(NC(=O)N/N=C/c2cccn2-c2ccc(Br)cc2)cc1. The first-order valence-electron chi connectivity index (χ1n) is 7.83. The molecule has 26 heavy (non-hydrogen) atoms. The molecule has 0 aliphatic heterocycles. The van der Waals surface area contributed by atoms with E-state index in [1.807, 2.05) is 47.2 Å². The van der Waals surface area contributed by atoms with Crippen molar-refractivity contribution in [3.05, 3.63) is 77.0 Å². The van der Waals surface area contributed by atoms with E-state index in [0.717, 1.165) is 21.6 Å². The van der Waals surface area contributed by atoms with Crippen molar-refractivity contribution in [2.45, 2.75) is 0 Å². The lowest BCUT2D eigenvalue weighted by atomic mass is 10.3. The van der Waals surface area contributed by atoms with Gasteiger partial charge >= 0.3 is 6.03 Å². The molecular formula is C19H17BrN4O2. The van der Waals surface area contributed by atoms with Crippen LogP contribution in [0.2, 0.25) is 0 Å². The van der Waals surface area contributed by atoms with Gasteiger partial charge in [0.05, 0.1) is 19.0 Å². The summed E-state index contributed by atoms with van der Waals surface area (Å²) in [6.07, 6.45) is 3.53. The van der Waals surface area contributed by atoms with Crippen molar-refractivity contribution in [1.82, 2.24) is 9.99 Å². The second-order valence-electron chi connectivity index (χ2n) is 5.33. The molecule has 0 unspecified atom stereocenters. The zero-order chi connectivity index (χ0) is 18.4. The van der Waals surface area contributed by atoms with Crippen LogP contribution in [0.1, 0.15) is 5.69 Å². The molecule has 0 bridgehead atoms. The smallest absolute Gasteiger partial charge is 0.339 e. The van der Waals surface area contributed by atoms with Gasteiger partial charge in [0, 0.05) is 22.0 Å². The Labute approximate surface area is 159 Å². The first-order chi connectivity index (χ1) is 12.7. The minimum Gasteiger partial charge on any atom is -0.497 e. The summed E-state index contributed by atoms with van der Waals surface area (Å²) in [4.78, 5) is 11.9. The Bertz CT molecular complexity index is 902. The van der Waals surface area contributed by atoms with Crippen LogP contribution in [0.4, 0.5) is 10.5 Å². The van der Waals surface area contributed by atoms with Crippen molar-refractivity contribution in [2.24, 2.45) is 5.10 Å². The van der Waals surface area contributed by atoms with Gasteiger partial charge in [-0.05, 0) is 60.7 Å². The lowest BCUT2D eigenvalue weighted by Crippen LogP contribution is -2.24. The van der Waals surface area contributed by atoms with E-state index in [9.17, 15) is 4.79 Å². The monoisotopic (exact) mass is 412 g/mol. The van der Waals surface area contributed by atoms with E-state index < -0.39 is 6.03 Å². The maximum atomic E-state index is 11.9. The van der Waals surface area contributed by atoms with E-state index in [2.05, 4.69) is 31.8 Å². The van der Waals surface area contributed by atoms with Crippen LogP contribution in [0.15, 0.2) is 76.4 Å². The zero-order valence-corrected chi connectivity index (χ0v) is 15.6. The molecule has 0 spiro atoms. The second kappa shape index (κ2) is 8.35. The van der Waals surface area contributed by atoms with Gasteiger partial charge in [-0.1, -0.05) is 15.9 Å². The minimum absolute atomic E-state index is 0.423. The van der Waals surface area contributed by atoms with Gasteiger partial charge in [-0.3, -0.25) is 0 Å². The van der Waals surface area contributed by atoms with Crippen LogP contribution in [-0.4, -0.2) is 23.9 Å². The summed E-state index contributed by atoms with van der Waals surface area (Å²) >= 11 is 3.42. The standard InChI is InChI=1S/C19H17BrN4O2/c1-26-18-10-6-15(7-11-18)22-19(25)23-21-13-17-3-2-12-24(17)16-8-4-14(20)5-9-16/h2-13H,1H3,(H2,22,23,25)/b21-13+. The second-order valence-corrected chi connectivity index (χ2v) is 6.25. The largest absolute Gasteiger partial charge is 0.497 e. The molecule has 0 fully saturated rings. The number of urea groups is 1. The number of ether oxygens (including phenoxy) is 1. The van der Waals surface area contributed by atoms with Crippen molar-refractivity contribution in [2.75, 3.05) is 12.4 Å². The molecule has 7 heteroatoms. The number of rotatable bonds is 5. The molecule has 1 aromatic heterocycles. The molecule has 0 aliphatic rings. The quantitative estimate of drug-likeness (QED) is 0.481. The highest BCUT2D eigenvalue weighted by Gasteiger charge is 2.03. The number of carbonyl (C=O) groups is 1. The van der Waals surface area contributed by atoms with Crippen LogP contribution in [-0.2, 0) is 0 Å². The van der Waals surface area contributed by atoms with E-state index in [1.165, 1.54) is 0 Å². The predicted octanol–water partition coefficient (Wildman–Crippen LogP) is 4.40. The highest BCUT2D eigenvalue weighted by Crippen LogP contribution is 2.16. The number of amides is 2. The Morgan fingerprint density at radius 2 is 1.85 bits per heavy atom. The van der Waals surface area contributed by atoms with Gasteiger partial charge in [-0.15, -0.1) is 0 Å². The molecule has 2 aromatic carbocycles. The van der Waals surface area contributed by atoms with E-state index in [4.69, 9.17) is 4.74 Å². The van der Waals surface area contributed by atoms with E-state index in [0.29, 0.717) is 5.69 Å². The van der Waals surface area contributed by atoms with Crippen molar-refractivity contribution in [3.8, 4) is 11.4 Å². The molecule has 0 atom stereocenters. The molecule has 2 N–H and O–H groups in total. The van der Waals surface area contributed by atoms with Crippen molar-refractivity contribution >= 4 is 33.9 Å². The Balaban J connectivity index is 1.61. The highest BCUT2D eigenvalue weighted by atomic mass is 79.9. The molecule has 0 saturated carbocycles. The van der Waals surface area contributed by atoms with Crippen molar-refractivity contribution in [3.63, 3.8) is 0 Å². The number of hydrogen-bond donors (Lipinski definition) is 2. The van der Waals surface area contributed by atoms with Crippen LogP contribution < -0.4 is 15.5 Å². The van der Waals surface area contributed by atoms with Crippen LogP contribution in [0.5, 0.6) is 5.75 Å². The van der Waals surface area contributed by atoms with Crippen LogP contribution >= 0.6 is 15.9 Å². The topological polar surface area (TPSA) is 67.7 Å². The molecular weight excluding hydrogens is 396 g/mol. The van der Waals surface area contributed by atoms with Crippen LogP contribution in [0.3, 0.4) is 0 Å². The number of carbonyl (C=O) groups excluding carboxylic acids is 1. The summed E-state index contributed by atoms with van der Waals surface area (Å²) in [6.45, 7) is 0. The molecule has 0 aliphatic carbocycles. The highest BCUT2D eigenvalue weighted by molar-refractivity contribution is 9.10. The number of halogens is 1. The van der Waals surface area contributed by atoms with Gasteiger partial charge in [-0.25, -0.2) is 10.2 Å². The van der Waals surface area contributed by atoms with Gasteiger partial charge in [0.1, 0.15) is 5.75 Å². The number of aromatic nitrogens is 1. The summed E-state index contributed by atoms with van der Waals surface area (Å²) in [5, 5.41) is 6.70. The van der Waals surface area contributed by atoms with Crippen LogP contribution in [0, 0.1) is 0 Å². The number of hydrazone groups is 1. The number of nitrogens with zero attached hydrogens (tertiary/aromatic N) is 2. The first-order valence-corrected chi connectivity index (χ1v) is 8.62. The Kier molecular flexibility index (Phi) is 5.70. The Morgan fingerprint density at radius 3 is 2.54 bits per heavy atom. The number of nitrogens with one attached hydrogen (secondary N) is 2. The predicted molar refractivity (Wildman–Crippen MR) is 106 cm³/mol. The van der Waals surface area contributed by atoms with Gasteiger partial charge < -0.3 is 14.6 Å². The summed E-state index contributed by atoms with van der Waals surface area (Å²) < 4.78 is 8.06. The lowest BCUT2D eigenvalue weighted by molar-refractivity contribution is 0.252. The van der Waals surface area contributed by atoms with Crippen molar-refractivity contribution in [1.29, 1.82) is 0 Å². The molecule has 3 aromatic rings. The molecule has 132 valence electrons. The molecule has 2 amide bonds. The Hall–Kier alpha value is -3.06. The number of anilines is 1. The molecule has 3 rings (SSSR count). The average molecular weight is 413 g/mol. The number of benzene rings is 2. The fourth-order valence-electron chi connectivity index (χ4n) is 2.33. The Morgan fingerprint density at radius 1 is 1.12 bits per heavy atom. The summed E-state index contributed by atoms with van der Waals surface area (Å²) in [6, 6.07) is 18.4. The third-order valence-electron chi connectivity index (χ3n) is 3.60. The summed E-state index contributed by atoms with van der Waals surface area (Å²) in [5.74, 6) is 0.725. The number of hydrogen-bond acceptors (Lipinski definition) is 3. The minimum atomic E-state index is -0.423. The lowest BCUT2D eigenvalue weighted by Gasteiger charge is -2.07. The molecule has 0 radical (unpaired) electrons. The third-order valence-corrected chi connectivity index (χ3v) is 4.12. The maximum absolute atomic E-state index is 11.9. The van der Waals surface area contributed by atoms with Crippen LogP contribution in [0.25, 0.3) is 5.69 Å². The van der Waals surface area contributed by atoms with E-state index in [-0.39, 0.29) is 0 Å².